The minimum absolute atomic E-state index is 0.0540. The van der Waals surface area contributed by atoms with Gasteiger partial charge in [0.25, 0.3) is 0 Å². The third kappa shape index (κ3) is 4.45. The van der Waals surface area contributed by atoms with E-state index in [0.29, 0.717) is 19.0 Å². The van der Waals surface area contributed by atoms with Gasteiger partial charge in [-0.25, -0.2) is 0 Å². The molecule has 146 valence electrons. The number of nitrogens with one attached hydrogen (secondary N) is 1. The molecule has 27 heavy (non-hydrogen) atoms. The molecule has 1 amide bonds. The maximum atomic E-state index is 12.5. The first kappa shape index (κ1) is 19.7. The molecular weight excluding hydrogens is 360 g/mol. The minimum atomic E-state index is 0.0540. The van der Waals surface area contributed by atoms with E-state index in [-0.39, 0.29) is 11.9 Å². The zero-order valence-electron chi connectivity index (χ0n) is 16.5. The lowest BCUT2D eigenvalue weighted by Crippen LogP contribution is -2.43. The summed E-state index contributed by atoms with van der Waals surface area (Å²) in [5.74, 6) is 2.00. The number of hydrogen-bond acceptors (Lipinski definition) is 5. The van der Waals surface area contributed by atoms with Crippen LogP contribution in [0.15, 0.2) is 29.6 Å². The Kier molecular flexibility index (Phi) is 6.39. The highest BCUT2D eigenvalue weighted by atomic mass is 32.1. The second-order valence-electron chi connectivity index (χ2n) is 7.24. The number of thiophene rings is 1. The summed E-state index contributed by atoms with van der Waals surface area (Å²) in [6.07, 6.45) is 0.884. The van der Waals surface area contributed by atoms with Crippen molar-refractivity contribution >= 4 is 17.2 Å². The Labute approximate surface area is 165 Å². The average molecular weight is 389 g/mol. The molecule has 0 fully saturated rings. The van der Waals surface area contributed by atoms with Crippen molar-refractivity contribution in [2.24, 2.45) is 5.92 Å². The van der Waals surface area contributed by atoms with Gasteiger partial charge in [-0.1, -0.05) is 19.9 Å². The van der Waals surface area contributed by atoms with E-state index in [2.05, 4.69) is 53.7 Å². The number of amides is 1. The monoisotopic (exact) mass is 388 g/mol. The van der Waals surface area contributed by atoms with Crippen LogP contribution >= 0.6 is 11.3 Å². The van der Waals surface area contributed by atoms with E-state index in [9.17, 15) is 4.79 Å². The predicted octanol–water partition coefficient (Wildman–Crippen LogP) is 3.49. The third-order valence-electron chi connectivity index (χ3n) is 4.84. The molecule has 2 heterocycles. The van der Waals surface area contributed by atoms with Crippen molar-refractivity contribution in [3.8, 4) is 11.5 Å². The number of hydrogen-bond donors (Lipinski definition) is 1. The van der Waals surface area contributed by atoms with Gasteiger partial charge in [-0.2, -0.15) is 0 Å². The number of benzene rings is 1. The molecule has 6 heteroatoms. The lowest BCUT2D eigenvalue weighted by atomic mass is 9.91. The van der Waals surface area contributed by atoms with Crippen LogP contribution in [-0.2, 0) is 11.2 Å². The van der Waals surface area contributed by atoms with Gasteiger partial charge in [0.15, 0.2) is 11.5 Å². The zero-order chi connectivity index (χ0) is 19.4. The predicted molar refractivity (Wildman–Crippen MR) is 109 cm³/mol. The van der Waals surface area contributed by atoms with Gasteiger partial charge in [-0.05, 0) is 47.0 Å². The Balaban J connectivity index is 1.92. The van der Waals surface area contributed by atoms with E-state index < -0.39 is 0 Å². The van der Waals surface area contributed by atoms with E-state index in [4.69, 9.17) is 9.47 Å². The van der Waals surface area contributed by atoms with Gasteiger partial charge >= 0.3 is 0 Å². The summed E-state index contributed by atoms with van der Waals surface area (Å²) in [5, 5.41) is 5.12. The molecular formula is C21H28N2O3S. The van der Waals surface area contributed by atoms with Crippen LogP contribution in [0, 0.1) is 5.92 Å². The smallest absolute Gasteiger partial charge is 0.234 e. The Morgan fingerprint density at radius 3 is 2.67 bits per heavy atom. The highest BCUT2D eigenvalue weighted by Gasteiger charge is 2.32. The average Bonchev–Trinajstić information content (AvgIpc) is 3.19. The van der Waals surface area contributed by atoms with Crippen LogP contribution in [0.4, 0.5) is 0 Å². The van der Waals surface area contributed by atoms with E-state index >= 15 is 0 Å². The Morgan fingerprint density at radius 2 is 2.04 bits per heavy atom. The molecule has 3 rings (SSSR count). The van der Waals surface area contributed by atoms with Crippen LogP contribution in [-0.4, -0.2) is 44.7 Å². The fourth-order valence-corrected chi connectivity index (χ4v) is 4.38. The highest BCUT2D eigenvalue weighted by Crippen LogP contribution is 2.41. The van der Waals surface area contributed by atoms with Crippen LogP contribution in [0.3, 0.4) is 0 Å². The van der Waals surface area contributed by atoms with Crippen molar-refractivity contribution in [3.63, 3.8) is 0 Å². The number of nitrogens with zero attached hydrogens (tertiary/aromatic N) is 1. The maximum Gasteiger partial charge on any atom is 0.234 e. The first-order valence-electron chi connectivity index (χ1n) is 9.32. The molecule has 1 unspecified atom stereocenters. The van der Waals surface area contributed by atoms with Gasteiger partial charge in [0.05, 0.1) is 26.8 Å². The molecule has 1 aliphatic rings. The van der Waals surface area contributed by atoms with Gasteiger partial charge in [-0.15, -0.1) is 11.3 Å². The van der Waals surface area contributed by atoms with Gasteiger partial charge in [0.2, 0.25) is 5.91 Å². The van der Waals surface area contributed by atoms with Gasteiger partial charge in [-0.3, -0.25) is 9.69 Å². The van der Waals surface area contributed by atoms with Crippen molar-refractivity contribution in [1.82, 2.24) is 10.2 Å². The SMILES string of the molecule is COc1cc2c(cc1OC)C(c1cccs1)N(CC(=O)NCC(C)C)CC2. The summed E-state index contributed by atoms with van der Waals surface area (Å²) < 4.78 is 11.0. The standard InChI is InChI=1S/C21H28N2O3S/c1-14(2)12-22-20(24)13-23-8-7-15-10-17(25-3)18(26-4)11-16(15)21(23)19-6-5-9-27-19/h5-6,9-11,14,21H,7-8,12-13H2,1-4H3,(H,22,24). The second kappa shape index (κ2) is 8.76. The van der Waals surface area contributed by atoms with E-state index in [0.717, 1.165) is 24.5 Å². The van der Waals surface area contributed by atoms with Crippen molar-refractivity contribution in [1.29, 1.82) is 0 Å². The molecule has 0 spiro atoms. The Morgan fingerprint density at radius 1 is 1.30 bits per heavy atom. The van der Waals surface area contributed by atoms with Crippen molar-refractivity contribution in [2.75, 3.05) is 33.9 Å². The summed E-state index contributed by atoms with van der Waals surface area (Å²) >= 11 is 1.72. The fraction of sp³-hybridized carbons (Fsp3) is 0.476. The number of fused-ring (bicyclic) bond motifs is 1. The molecule has 0 radical (unpaired) electrons. The zero-order valence-corrected chi connectivity index (χ0v) is 17.3. The number of carbonyl (C=O) groups is 1. The van der Waals surface area contributed by atoms with Crippen molar-refractivity contribution in [2.45, 2.75) is 26.3 Å². The normalized spacial score (nSPS) is 16.9. The molecule has 1 aromatic carbocycles. The number of methoxy groups -OCH3 is 2. The second-order valence-corrected chi connectivity index (χ2v) is 8.22. The van der Waals surface area contributed by atoms with E-state index in [1.54, 1.807) is 25.6 Å². The van der Waals surface area contributed by atoms with Crippen LogP contribution in [0.25, 0.3) is 0 Å². The topological polar surface area (TPSA) is 50.8 Å². The van der Waals surface area contributed by atoms with E-state index in [1.165, 1.54) is 16.0 Å². The highest BCUT2D eigenvalue weighted by molar-refractivity contribution is 7.10. The van der Waals surface area contributed by atoms with Gasteiger partial charge in [0.1, 0.15) is 0 Å². The molecule has 2 aromatic rings. The molecule has 0 saturated heterocycles. The van der Waals surface area contributed by atoms with Gasteiger partial charge < -0.3 is 14.8 Å². The largest absolute Gasteiger partial charge is 0.493 e. The first-order valence-corrected chi connectivity index (χ1v) is 10.2. The molecule has 0 aliphatic carbocycles. The Bertz CT molecular complexity index is 774. The van der Waals surface area contributed by atoms with Crippen LogP contribution < -0.4 is 14.8 Å². The lowest BCUT2D eigenvalue weighted by molar-refractivity contribution is -0.122. The van der Waals surface area contributed by atoms with Gasteiger partial charge in [0, 0.05) is 18.0 Å². The molecule has 1 aromatic heterocycles. The van der Waals surface area contributed by atoms with Crippen LogP contribution in [0.1, 0.15) is 35.9 Å². The van der Waals surface area contributed by atoms with Crippen molar-refractivity contribution < 1.29 is 14.3 Å². The fourth-order valence-electron chi connectivity index (χ4n) is 3.51. The van der Waals surface area contributed by atoms with E-state index in [1.807, 2.05) is 0 Å². The quantitative estimate of drug-likeness (QED) is 0.789. The molecule has 1 N–H and O–H groups in total. The molecule has 0 saturated carbocycles. The summed E-state index contributed by atoms with van der Waals surface area (Å²) in [6.45, 7) is 6.14. The number of ether oxygens (including phenoxy) is 2. The summed E-state index contributed by atoms with van der Waals surface area (Å²) in [6, 6.07) is 8.40. The molecule has 5 nitrogen and oxygen atoms in total. The van der Waals surface area contributed by atoms with Crippen molar-refractivity contribution in [3.05, 3.63) is 45.6 Å². The summed E-state index contributed by atoms with van der Waals surface area (Å²) in [4.78, 5) is 16.0. The molecule has 1 atom stereocenters. The maximum absolute atomic E-state index is 12.5. The summed E-state index contributed by atoms with van der Waals surface area (Å²) in [5.41, 5.74) is 2.45. The first-order chi connectivity index (χ1) is 13.0. The third-order valence-corrected chi connectivity index (χ3v) is 5.77. The molecule has 1 aliphatic heterocycles. The Hall–Kier alpha value is -2.05. The number of rotatable bonds is 7. The number of carbonyl (C=O) groups excluding carboxylic acids is 1. The molecule has 0 bridgehead atoms. The van der Waals surface area contributed by atoms with Crippen LogP contribution in [0.5, 0.6) is 11.5 Å². The summed E-state index contributed by atoms with van der Waals surface area (Å²) in [7, 11) is 3.32. The van der Waals surface area contributed by atoms with Crippen LogP contribution in [0.2, 0.25) is 0 Å². The lowest BCUT2D eigenvalue weighted by Gasteiger charge is -2.37. The minimum Gasteiger partial charge on any atom is -0.493 e.